The van der Waals surface area contributed by atoms with Crippen molar-refractivity contribution in [3.63, 3.8) is 0 Å². The van der Waals surface area contributed by atoms with Crippen LogP contribution in [0.4, 0.5) is 22.9 Å². The van der Waals surface area contributed by atoms with E-state index >= 15 is 0 Å². The summed E-state index contributed by atoms with van der Waals surface area (Å²) in [6.07, 6.45) is 7.74. The van der Waals surface area contributed by atoms with Gasteiger partial charge in [0.05, 0.1) is 5.69 Å². The number of piperidine rings is 3. The molecule has 3 aromatic rings. The third-order valence-corrected chi connectivity index (χ3v) is 10.5. The molecule has 9 heteroatoms. The molecule has 242 valence electrons. The maximum absolute atomic E-state index is 12.1. The van der Waals surface area contributed by atoms with Crippen molar-refractivity contribution < 1.29 is 9.59 Å². The highest BCUT2D eigenvalue weighted by Gasteiger charge is 2.30. The second-order valence-corrected chi connectivity index (χ2v) is 13.4. The van der Waals surface area contributed by atoms with Gasteiger partial charge in [-0.15, -0.1) is 0 Å². The first-order valence-corrected chi connectivity index (χ1v) is 17.3. The third-order valence-electron chi connectivity index (χ3n) is 10.5. The minimum atomic E-state index is -0.343. The van der Waals surface area contributed by atoms with Gasteiger partial charge in [-0.1, -0.05) is 25.1 Å². The zero-order valence-electron chi connectivity index (χ0n) is 27.0. The Hall–Kier alpha value is -3.95. The predicted molar refractivity (Wildman–Crippen MR) is 184 cm³/mol. The van der Waals surface area contributed by atoms with Crippen molar-refractivity contribution in [1.29, 1.82) is 0 Å². The van der Waals surface area contributed by atoms with Gasteiger partial charge in [0, 0.05) is 49.2 Å². The lowest BCUT2D eigenvalue weighted by Gasteiger charge is -2.42. The van der Waals surface area contributed by atoms with Gasteiger partial charge in [-0.2, -0.15) is 0 Å². The molecule has 3 fully saturated rings. The highest BCUT2D eigenvalue weighted by Crippen LogP contribution is 2.33. The van der Waals surface area contributed by atoms with Gasteiger partial charge in [0.25, 0.3) is 0 Å². The first-order chi connectivity index (χ1) is 22.5. The van der Waals surface area contributed by atoms with E-state index in [9.17, 15) is 9.59 Å². The summed E-state index contributed by atoms with van der Waals surface area (Å²) in [6.45, 7) is 8.58. The number of nitrogens with one attached hydrogen (secondary N) is 4. The van der Waals surface area contributed by atoms with Crippen molar-refractivity contribution in [3.8, 4) is 0 Å². The number of carbonyl (C=O) groups is 2. The van der Waals surface area contributed by atoms with Crippen LogP contribution in [0.15, 0.2) is 54.6 Å². The summed E-state index contributed by atoms with van der Waals surface area (Å²) < 4.78 is 0. The molecule has 7 rings (SSSR count). The molecule has 1 unspecified atom stereocenters. The quantitative estimate of drug-likeness (QED) is 0.258. The number of amides is 2. The molecular weight excluding hydrogens is 574 g/mol. The summed E-state index contributed by atoms with van der Waals surface area (Å²) in [4.78, 5) is 33.8. The summed E-state index contributed by atoms with van der Waals surface area (Å²) in [5.41, 5.74) is 8.55. The molecule has 1 aromatic heterocycles. The van der Waals surface area contributed by atoms with E-state index in [1.165, 1.54) is 53.8 Å². The van der Waals surface area contributed by atoms with Crippen LogP contribution in [0.25, 0.3) is 0 Å². The van der Waals surface area contributed by atoms with E-state index < -0.39 is 0 Å². The van der Waals surface area contributed by atoms with Crippen LogP contribution in [0.1, 0.15) is 73.8 Å². The molecule has 0 bridgehead atoms. The highest BCUT2D eigenvalue weighted by molar-refractivity contribution is 6.01. The molecule has 46 heavy (non-hydrogen) atoms. The number of fused-ring (bicyclic) bond motifs is 1. The molecule has 4 aliphatic rings. The van der Waals surface area contributed by atoms with Crippen LogP contribution in [0, 0.1) is 0 Å². The van der Waals surface area contributed by atoms with Crippen LogP contribution in [0.3, 0.4) is 0 Å². The monoisotopic (exact) mass is 621 g/mol. The van der Waals surface area contributed by atoms with Crippen LogP contribution in [-0.4, -0.2) is 66.5 Å². The maximum Gasteiger partial charge on any atom is 0.249 e. The molecule has 0 radical (unpaired) electrons. The first kappa shape index (κ1) is 30.7. The summed E-state index contributed by atoms with van der Waals surface area (Å²) >= 11 is 0. The molecule has 9 nitrogen and oxygen atoms in total. The van der Waals surface area contributed by atoms with Gasteiger partial charge < -0.3 is 25.8 Å². The molecule has 4 N–H and O–H groups in total. The van der Waals surface area contributed by atoms with Crippen LogP contribution in [0.2, 0.25) is 0 Å². The number of hydrogen-bond acceptors (Lipinski definition) is 8. The van der Waals surface area contributed by atoms with E-state index in [4.69, 9.17) is 4.98 Å². The van der Waals surface area contributed by atoms with E-state index in [-0.39, 0.29) is 17.9 Å². The molecule has 0 saturated carbocycles. The summed E-state index contributed by atoms with van der Waals surface area (Å²) in [7, 11) is 0. The van der Waals surface area contributed by atoms with Gasteiger partial charge in [0.15, 0.2) is 0 Å². The minimum Gasteiger partial charge on any atom is -0.374 e. The smallest absolute Gasteiger partial charge is 0.249 e. The van der Waals surface area contributed by atoms with Gasteiger partial charge in [0.1, 0.15) is 11.9 Å². The van der Waals surface area contributed by atoms with Crippen molar-refractivity contribution in [2.75, 3.05) is 48.3 Å². The number of imide groups is 1. The number of pyridine rings is 1. The van der Waals surface area contributed by atoms with Gasteiger partial charge >= 0.3 is 0 Å². The number of hydrogen-bond donors (Lipinski definition) is 4. The third kappa shape index (κ3) is 6.90. The Kier molecular flexibility index (Phi) is 9.21. The fourth-order valence-electron chi connectivity index (χ4n) is 7.68. The average molecular weight is 622 g/mol. The summed E-state index contributed by atoms with van der Waals surface area (Å²) in [6, 6.07) is 20.1. The fourth-order valence-corrected chi connectivity index (χ4v) is 7.68. The van der Waals surface area contributed by atoms with E-state index in [2.05, 4.69) is 92.6 Å². The van der Waals surface area contributed by atoms with Crippen LogP contribution < -0.4 is 26.2 Å². The number of aryl methyl sites for hydroxylation is 1. The Morgan fingerprint density at radius 2 is 1.61 bits per heavy atom. The minimum absolute atomic E-state index is 0.184. The zero-order valence-corrected chi connectivity index (χ0v) is 27.0. The van der Waals surface area contributed by atoms with Crippen molar-refractivity contribution in [2.24, 2.45) is 0 Å². The topological polar surface area (TPSA) is 102 Å². The number of rotatable bonds is 8. The van der Waals surface area contributed by atoms with Crippen molar-refractivity contribution >= 4 is 34.7 Å². The fraction of sp³-hybridized carbons (Fsp3) is 0.486. The number of benzene rings is 2. The van der Waals surface area contributed by atoms with E-state index in [1.54, 1.807) is 0 Å². The Balaban J connectivity index is 0.871. The largest absolute Gasteiger partial charge is 0.374 e. The molecule has 3 saturated heterocycles. The van der Waals surface area contributed by atoms with Gasteiger partial charge in [-0.05, 0) is 124 Å². The second kappa shape index (κ2) is 13.8. The van der Waals surface area contributed by atoms with Crippen molar-refractivity contribution in [2.45, 2.75) is 82.8 Å². The van der Waals surface area contributed by atoms with Crippen molar-refractivity contribution in [3.05, 3.63) is 77.0 Å². The van der Waals surface area contributed by atoms with E-state index in [0.29, 0.717) is 24.8 Å². The Labute approximate surface area is 272 Å². The summed E-state index contributed by atoms with van der Waals surface area (Å²) in [5.74, 6) is 1.15. The highest BCUT2D eigenvalue weighted by atomic mass is 16.2. The molecule has 0 aliphatic carbocycles. The number of likely N-dealkylation sites (tertiary alicyclic amines) is 1. The Morgan fingerprint density at radius 1 is 0.870 bits per heavy atom. The predicted octanol–water partition coefficient (Wildman–Crippen LogP) is 5.10. The van der Waals surface area contributed by atoms with Crippen LogP contribution in [0.5, 0.6) is 0 Å². The number of nitrogens with zero attached hydrogens (tertiary/aromatic N) is 3. The lowest BCUT2D eigenvalue weighted by atomic mass is 9.88. The molecule has 2 amide bonds. The molecule has 4 aliphatic heterocycles. The van der Waals surface area contributed by atoms with Gasteiger partial charge in [0.2, 0.25) is 11.8 Å². The van der Waals surface area contributed by atoms with Crippen LogP contribution >= 0.6 is 0 Å². The molecular formula is C37H47N7O2. The Morgan fingerprint density at radius 3 is 2.33 bits per heavy atom. The molecule has 1 atom stereocenters. The lowest BCUT2D eigenvalue weighted by Crippen LogP contribution is -2.47. The number of carbonyl (C=O) groups excluding carboxylic acids is 2. The lowest BCUT2D eigenvalue weighted by molar-refractivity contribution is -0.133. The normalized spacial score (nSPS) is 21.5. The average Bonchev–Trinajstić information content (AvgIpc) is 3.10. The second-order valence-electron chi connectivity index (χ2n) is 13.4. The van der Waals surface area contributed by atoms with Crippen LogP contribution in [-0.2, 0) is 29.0 Å². The van der Waals surface area contributed by atoms with E-state index in [0.717, 1.165) is 69.3 Å². The maximum atomic E-state index is 12.1. The number of anilines is 4. The zero-order chi connectivity index (χ0) is 31.5. The SMILES string of the molecule is CCc1cc2c(nc1Nc1ccc(N3CCC(N4CCC(c5ccc(NC6CCC(=O)NC6=O)cc5)CC4)CC3)cc1)CNCC2. The van der Waals surface area contributed by atoms with Gasteiger partial charge in [-0.3, -0.25) is 14.9 Å². The molecule has 2 aromatic carbocycles. The molecule has 0 spiro atoms. The van der Waals surface area contributed by atoms with Gasteiger partial charge in [-0.25, -0.2) is 4.98 Å². The summed E-state index contributed by atoms with van der Waals surface area (Å²) in [5, 5.41) is 12.8. The Bertz CT molecular complexity index is 1520. The first-order valence-electron chi connectivity index (χ1n) is 17.3. The number of aromatic nitrogens is 1. The van der Waals surface area contributed by atoms with Crippen molar-refractivity contribution in [1.82, 2.24) is 20.5 Å². The van der Waals surface area contributed by atoms with E-state index in [1.807, 2.05) is 0 Å². The standard InChI is InChI=1S/C37H47N7O2/c1-2-25-23-28-13-18-38-24-34(28)41-36(25)40-30-7-9-31(10-8-30)44-21-16-32(17-22-44)43-19-14-27(15-20-43)26-3-5-29(6-4-26)39-33-11-12-35(45)42-37(33)46/h3-10,23,27,32-33,38-39H,2,11-22,24H2,1H3,(H,40,41)(H,42,45,46). The molecule has 5 heterocycles.